The predicted octanol–water partition coefficient (Wildman–Crippen LogP) is 5.42. The van der Waals surface area contributed by atoms with Crippen LogP contribution < -0.4 is 21.1 Å². The zero-order valence-corrected chi connectivity index (χ0v) is 20.9. The molecule has 0 saturated carbocycles. The lowest BCUT2D eigenvalue weighted by atomic mass is 9.96. The molecule has 0 atom stereocenters. The number of nitrogens with one attached hydrogen (secondary N) is 2. The Balaban J connectivity index is 1.18. The van der Waals surface area contributed by atoms with Crippen LogP contribution in [-0.2, 0) is 19.7 Å². The number of aromatic nitrogens is 4. The fourth-order valence-electron chi connectivity index (χ4n) is 4.27. The molecule has 0 unspecified atom stereocenters. The summed E-state index contributed by atoms with van der Waals surface area (Å²) in [4.78, 5) is 17.2. The van der Waals surface area contributed by atoms with Crippen LogP contribution in [0.25, 0.3) is 10.8 Å². The quantitative estimate of drug-likeness (QED) is 0.251. The minimum absolute atomic E-state index is 0.443. The maximum absolute atomic E-state index is 6.08. The topological polar surface area (TPSA) is 111 Å². The highest BCUT2D eigenvalue weighted by Gasteiger charge is 2.10. The monoisotopic (exact) mass is 491 g/mol. The highest BCUT2D eigenvalue weighted by Crippen LogP contribution is 2.28. The normalized spacial score (nSPS) is 10.9. The summed E-state index contributed by atoms with van der Waals surface area (Å²) in [5.74, 6) is 2.87. The number of ether oxygens (including phenoxy) is 1. The van der Waals surface area contributed by atoms with Gasteiger partial charge in [0.05, 0.1) is 5.69 Å². The van der Waals surface area contributed by atoms with E-state index in [9.17, 15) is 0 Å². The Labute approximate surface area is 216 Å². The molecule has 0 aliphatic carbocycles. The van der Waals surface area contributed by atoms with Gasteiger partial charge in [-0.05, 0) is 77.9 Å². The van der Waals surface area contributed by atoms with E-state index < -0.39 is 0 Å². The van der Waals surface area contributed by atoms with Gasteiger partial charge in [0.15, 0.2) is 0 Å². The van der Waals surface area contributed by atoms with Crippen molar-refractivity contribution in [3.63, 3.8) is 0 Å². The molecular formula is C29H29N7O. The van der Waals surface area contributed by atoms with Crippen LogP contribution in [0.3, 0.4) is 0 Å². The molecule has 0 saturated heterocycles. The Morgan fingerprint density at radius 1 is 0.784 bits per heavy atom. The Kier molecular flexibility index (Phi) is 7.07. The molecule has 3 heterocycles. The van der Waals surface area contributed by atoms with Crippen LogP contribution in [0.1, 0.15) is 27.9 Å². The van der Waals surface area contributed by atoms with Crippen LogP contribution in [0.4, 0.5) is 17.5 Å². The maximum Gasteiger partial charge on any atom is 0.131 e. The molecule has 0 spiro atoms. The lowest BCUT2D eigenvalue weighted by molar-refractivity contribution is 0.301. The lowest BCUT2D eigenvalue weighted by Gasteiger charge is -2.15. The van der Waals surface area contributed by atoms with Crippen molar-refractivity contribution in [2.75, 3.05) is 16.4 Å². The number of rotatable bonds is 9. The third-order valence-corrected chi connectivity index (χ3v) is 6.34. The molecule has 0 fully saturated rings. The van der Waals surface area contributed by atoms with E-state index in [1.54, 1.807) is 18.7 Å². The minimum Gasteiger partial charge on any atom is -0.487 e. The number of nitrogen functional groups attached to an aromatic ring is 1. The Morgan fingerprint density at radius 3 is 2.32 bits per heavy atom. The Morgan fingerprint density at radius 2 is 1.57 bits per heavy atom. The van der Waals surface area contributed by atoms with E-state index in [0.717, 1.165) is 45.0 Å². The first kappa shape index (κ1) is 24.0. The molecule has 3 aromatic heterocycles. The second kappa shape index (κ2) is 10.9. The number of hydrogen-bond acceptors (Lipinski definition) is 8. The van der Waals surface area contributed by atoms with Crippen molar-refractivity contribution in [3.05, 3.63) is 107 Å². The first-order valence-electron chi connectivity index (χ1n) is 12.1. The van der Waals surface area contributed by atoms with Gasteiger partial charge in [0.25, 0.3) is 0 Å². The van der Waals surface area contributed by atoms with Crippen LogP contribution in [0.5, 0.6) is 5.75 Å². The second-order valence-electron chi connectivity index (χ2n) is 8.84. The number of fused-ring (bicyclic) bond motifs is 1. The SMILES string of the molecule is Cc1cc2c(N)nccc2c(C)c1CNc1cc(NCc2ccc(OCc3ccccn3)cc2)ncn1. The number of anilines is 3. The predicted molar refractivity (Wildman–Crippen MR) is 147 cm³/mol. The summed E-state index contributed by atoms with van der Waals surface area (Å²) < 4.78 is 5.81. The van der Waals surface area contributed by atoms with Gasteiger partial charge in [-0.1, -0.05) is 18.2 Å². The van der Waals surface area contributed by atoms with Gasteiger partial charge in [-0.15, -0.1) is 0 Å². The summed E-state index contributed by atoms with van der Waals surface area (Å²) in [6.45, 7) is 5.94. The summed E-state index contributed by atoms with van der Waals surface area (Å²) in [5.41, 5.74) is 11.7. The smallest absolute Gasteiger partial charge is 0.131 e. The molecule has 0 radical (unpaired) electrons. The first-order chi connectivity index (χ1) is 18.1. The van der Waals surface area contributed by atoms with E-state index in [0.29, 0.717) is 25.5 Å². The minimum atomic E-state index is 0.443. The highest BCUT2D eigenvalue weighted by atomic mass is 16.5. The Bertz CT molecular complexity index is 1510. The van der Waals surface area contributed by atoms with E-state index >= 15 is 0 Å². The standard InChI is InChI=1S/C29H29N7O/c1-19-13-25-24(10-12-32-29(25)30)20(2)26(19)16-34-28-14-27(35-18-36-28)33-15-21-6-8-23(9-7-21)37-17-22-5-3-4-11-31-22/h3-14,18H,15-17H2,1-2H3,(H2,30,32)(H2,33,34,35,36). The van der Waals surface area contributed by atoms with Crippen LogP contribution in [0.15, 0.2) is 79.4 Å². The van der Waals surface area contributed by atoms with Crippen LogP contribution in [0, 0.1) is 13.8 Å². The first-order valence-corrected chi connectivity index (χ1v) is 12.1. The Hall–Kier alpha value is -4.72. The van der Waals surface area contributed by atoms with Gasteiger partial charge in [-0.3, -0.25) is 4.98 Å². The summed E-state index contributed by atoms with van der Waals surface area (Å²) in [6, 6.07) is 19.8. The molecule has 0 amide bonds. The largest absolute Gasteiger partial charge is 0.487 e. The van der Waals surface area contributed by atoms with E-state index in [2.05, 4.69) is 50.5 Å². The highest BCUT2D eigenvalue weighted by molar-refractivity contribution is 5.94. The summed E-state index contributed by atoms with van der Waals surface area (Å²) >= 11 is 0. The van der Waals surface area contributed by atoms with Crippen molar-refractivity contribution in [1.82, 2.24) is 19.9 Å². The molecule has 8 nitrogen and oxygen atoms in total. The molecule has 37 heavy (non-hydrogen) atoms. The number of benzene rings is 2. The van der Waals surface area contributed by atoms with Crippen LogP contribution >= 0.6 is 0 Å². The van der Waals surface area contributed by atoms with Crippen molar-refractivity contribution >= 4 is 28.2 Å². The van der Waals surface area contributed by atoms with Gasteiger partial charge in [0, 0.05) is 36.9 Å². The summed E-state index contributed by atoms with van der Waals surface area (Å²) in [5, 5.41) is 8.91. The molecule has 5 aromatic rings. The zero-order valence-electron chi connectivity index (χ0n) is 20.9. The molecule has 0 bridgehead atoms. The van der Waals surface area contributed by atoms with Gasteiger partial charge in [0.1, 0.15) is 36.1 Å². The van der Waals surface area contributed by atoms with E-state index in [1.165, 1.54) is 11.1 Å². The van der Waals surface area contributed by atoms with Gasteiger partial charge in [-0.25, -0.2) is 15.0 Å². The van der Waals surface area contributed by atoms with Gasteiger partial charge in [-0.2, -0.15) is 0 Å². The van der Waals surface area contributed by atoms with Crippen LogP contribution in [0.2, 0.25) is 0 Å². The lowest BCUT2D eigenvalue weighted by Crippen LogP contribution is -2.08. The second-order valence-corrected chi connectivity index (χ2v) is 8.84. The van der Waals surface area contributed by atoms with Gasteiger partial charge < -0.3 is 21.1 Å². The molecule has 0 aliphatic rings. The molecule has 4 N–H and O–H groups in total. The van der Waals surface area contributed by atoms with Crippen molar-refractivity contribution in [1.29, 1.82) is 0 Å². The van der Waals surface area contributed by atoms with Crippen molar-refractivity contribution in [3.8, 4) is 5.75 Å². The van der Waals surface area contributed by atoms with Crippen molar-refractivity contribution in [2.24, 2.45) is 0 Å². The number of pyridine rings is 2. The zero-order chi connectivity index (χ0) is 25.6. The third kappa shape index (κ3) is 5.75. The van der Waals surface area contributed by atoms with Gasteiger partial charge in [0.2, 0.25) is 0 Å². The van der Waals surface area contributed by atoms with Crippen molar-refractivity contribution in [2.45, 2.75) is 33.5 Å². The fraction of sp³-hybridized carbons (Fsp3) is 0.172. The average Bonchev–Trinajstić information content (AvgIpc) is 2.93. The average molecular weight is 492 g/mol. The third-order valence-electron chi connectivity index (χ3n) is 6.34. The van der Waals surface area contributed by atoms with E-state index in [-0.39, 0.29) is 0 Å². The molecule has 5 rings (SSSR count). The van der Waals surface area contributed by atoms with E-state index in [4.69, 9.17) is 10.5 Å². The number of aryl methyl sites for hydroxylation is 2. The number of hydrogen-bond donors (Lipinski definition) is 3. The summed E-state index contributed by atoms with van der Waals surface area (Å²) in [7, 11) is 0. The molecular weight excluding hydrogens is 462 g/mol. The van der Waals surface area contributed by atoms with E-state index in [1.807, 2.05) is 54.6 Å². The molecule has 186 valence electrons. The number of nitrogens with two attached hydrogens (primary N) is 1. The van der Waals surface area contributed by atoms with Gasteiger partial charge >= 0.3 is 0 Å². The fourth-order valence-corrected chi connectivity index (χ4v) is 4.27. The molecule has 0 aliphatic heterocycles. The molecule has 2 aromatic carbocycles. The summed E-state index contributed by atoms with van der Waals surface area (Å²) in [6.07, 6.45) is 5.08. The maximum atomic E-state index is 6.08. The molecule has 8 heteroatoms. The number of nitrogens with zero attached hydrogens (tertiary/aromatic N) is 4. The van der Waals surface area contributed by atoms with Crippen molar-refractivity contribution < 1.29 is 4.74 Å². The van der Waals surface area contributed by atoms with Crippen LogP contribution in [-0.4, -0.2) is 19.9 Å².